The fourth-order valence-corrected chi connectivity index (χ4v) is 5.88. The zero-order valence-corrected chi connectivity index (χ0v) is 38.7. The van der Waals surface area contributed by atoms with Gasteiger partial charge in [-0.1, -0.05) is 44.5 Å². The number of amides is 2. The Kier molecular flexibility index (Phi) is 38.5. The zero-order chi connectivity index (χ0) is 47.6. The molecule has 0 aliphatic carbocycles. The van der Waals surface area contributed by atoms with E-state index >= 15 is 0 Å². The number of nitrogens with zero attached hydrogens (tertiary/aromatic N) is 3. The van der Waals surface area contributed by atoms with E-state index in [4.69, 9.17) is 55.4 Å². The van der Waals surface area contributed by atoms with Crippen LogP contribution in [0.25, 0.3) is 11.1 Å². The van der Waals surface area contributed by atoms with Crippen LogP contribution in [0.2, 0.25) is 0 Å². The van der Waals surface area contributed by atoms with Crippen LogP contribution in [0.4, 0.5) is 4.39 Å². The van der Waals surface area contributed by atoms with Crippen molar-refractivity contribution in [2.75, 3.05) is 112 Å². The molecule has 0 aromatic heterocycles. The predicted octanol–water partition coefficient (Wildman–Crippen LogP) is 2.15. The summed E-state index contributed by atoms with van der Waals surface area (Å²) in [6.07, 6.45) is 7.24. The van der Waals surface area contributed by atoms with Gasteiger partial charge in [0.25, 0.3) is 0 Å². The smallest absolute Gasteiger partial charge is 0.219 e. The second-order valence-electron chi connectivity index (χ2n) is 14.3. The third-order valence-corrected chi connectivity index (χ3v) is 9.18. The van der Waals surface area contributed by atoms with E-state index < -0.39 is 0 Å². The monoisotopic (exact) mass is 908 g/mol. The summed E-state index contributed by atoms with van der Waals surface area (Å²) in [6, 6.07) is 12.0. The lowest BCUT2D eigenvalue weighted by Crippen LogP contribution is -2.35. The number of halogens is 1. The van der Waals surface area contributed by atoms with Gasteiger partial charge in [0.2, 0.25) is 12.3 Å². The molecular formula is C45H78FN9O9. The second-order valence-corrected chi connectivity index (χ2v) is 14.3. The Bertz CT molecular complexity index is 1530. The van der Waals surface area contributed by atoms with E-state index in [1.165, 1.54) is 35.4 Å². The number of benzene rings is 2. The van der Waals surface area contributed by atoms with Crippen molar-refractivity contribution in [1.29, 1.82) is 0 Å². The Morgan fingerprint density at radius 1 is 0.766 bits per heavy atom. The summed E-state index contributed by atoms with van der Waals surface area (Å²) in [5.74, 6) is 5.36. The van der Waals surface area contributed by atoms with Crippen molar-refractivity contribution in [1.82, 2.24) is 25.7 Å². The van der Waals surface area contributed by atoms with Gasteiger partial charge in [0.15, 0.2) is 12.6 Å². The number of hydrogen-bond donors (Lipinski definition) is 6. The van der Waals surface area contributed by atoms with E-state index in [9.17, 15) is 9.18 Å². The number of carbonyl (C=O) groups is 4. The predicted molar refractivity (Wildman–Crippen MR) is 247 cm³/mol. The van der Waals surface area contributed by atoms with Crippen molar-refractivity contribution < 1.29 is 47.3 Å². The average Bonchev–Trinajstić information content (AvgIpc) is 3.29. The lowest BCUT2D eigenvalue weighted by molar-refractivity contribution is -0.122. The Morgan fingerprint density at radius 3 is 1.94 bits per heavy atom. The molecule has 18 nitrogen and oxygen atoms in total. The van der Waals surface area contributed by atoms with Crippen LogP contribution < -0.4 is 33.9 Å². The molecule has 10 N–H and O–H groups in total. The molecule has 2 aromatic carbocycles. The number of likely N-dealkylation sites (N-methyl/N-ethyl adjacent to an activating group) is 1. The number of nitrogens with one attached hydrogen (secondary N) is 2. The van der Waals surface area contributed by atoms with E-state index in [1.54, 1.807) is 19.2 Å². The quantitative estimate of drug-likeness (QED) is 0.0202. The van der Waals surface area contributed by atoms with E-state index in [0.717, 1.165) is 63.4 Å². The first-order valence-corrected chi connectivity index (χ1v) is 22.0. The molecule has 2 amide bonds. The number of aldehydes is 2. The van der Waals surface area contributed by atoms with Gasteiger partial charge in [0.1, 0.15) is 5.82 Å². The molecule has 1 aliphatic rings. The van der Waals surface area contributed by atoms with Gasteiger partial charge < -0.3 is 50.8 Å². The highest BCUT2D eigenvalue weighted by molar-refractivity contribution is 6.09. The molecule has 19 heteroatoms. The summed E-state index contributed by atoms with van der Waals surface area (Å²) in [5.41, 5.74) is 27.7. The molecule has 64 heavy (non-hydrogen) atoms. The molecule has 364 valence electrons. The molecule has 0 spiro atoms. The molecule has 0 saturated carbocycles. The van der Waals surface area contributed by atoms with Gasteiger partial charge in [-0.2, -0.15) is 0 Å². The largest absolute Gasteiger partial charge is 0.399 e. The highest BCUT2D eigenvalue weighted by Gasteiger charge is 2.14. The number of carbonyl (C=O) groups excluding carboxylic acids is 4. The third kappa shape index (κ3) is 32.3. The highest BCUT2D eigenvalue weighted by atomic mass is 19.1. The third-order valence-electron chi connectivity index (χ3n) is 9.18. The number of nitrogens with two attached hydrogens (primary N) is 4. The standard InChI is InChI=1S/C40H67FN8O6.C2H2O2.C2H6.CH3NO/c1-33-7-8-35(28-39(33)41)34-9-10-36(37(27-34)30-48-14-4-3-5-15-48)29-46-45-12-6-13-47(2)16-19-52-23-24-54-25-26-55-32-38(42)31-49(44)17-20-53-22-21-51-18-11-40(43)50;3-1-2-4;1-2;2-1-3/h7-10,27-28,31,45-46H,3-6,11-26,29-30,32,42,44H2,1-2H3,(H2,43,50);1-2H;1-2H3;1H,(H2,2,3)/b38-31-;;;. The minimum Gasteiger partial charge on any atom is -0.399 e. The first-order chi connectivity index (χ1) is 31.0. The fourth-order valence-electron chi connectivity index (χ4n) is 5.88. The van der Waals surface area contributed by atoms with Crippen molar-refractivity contribution in [3.8, 4) is 11.1 Å². The normalized spacial score (nSPS) is 12.5. The SMILES string of the molecule is CC.Cc1ccc(-c2ccc(CNNCCCN(C)CCOCCOCCOC/C(N)=C/N(N)CCOCCOCCC(N)=O)c(CN3CCCCC3)c2)cc1F.NC=O.O=CC=O. The minimum atomic E-state index is -0.390. The van der Waals surface area contributed by atoms with Gasteiger partial charge in [0.05, 0.1) is 78.3 Å². The first-order valence-electron chi connectivity index (χ1n) is 22.0. The molecule has 0 radical (unpaired) electrons. The van der Waals surface area contributed by atoms with Gasteiger partial charge in [-0.15, -0.1) is 0 Å². The van der Waals surface area contributed by atoms with Crippen LogP contribution in [0.1, 0.15) is 62.6 Å². The minimum absolute atomic E-state index is 0.166. The number of primary amides is 2. The Balaban J connectivity index is 0.00000405. The molecular weight excluding hydrogens is 830 g/mol. The second kappa shape index (κ2) is 41.3. The van der Waals surface area contributed by atoms with Crippen LogP contribution >= 0.6 is 0 Å². The topological polar surface area (TPSA) is 252 Å². The molecule has 2 aromatic rings. The van der Waals surface area contributed by atoms with Crippen LogP contribution in [-0.4, -0.2) is 152 Å². The number of aryl methyl sites for hydroxylation is 1. The summed E-state index contributed by atoms with van der Waals surface area (Å²) >= 11 is 0. The molecule has 0 bridgehead atoms. The van der Waals surface area contributed by atoms with E-state index in [0.29, 0.717) is 70.7 Å². The molecule has 0 unspecified atom stereocenters. The number of hydrogen-bond acceptors (Lipinski definition) is 16. The molecule has 1 aliphatic heterocycles. The van der Waals surface area contributed by atoms with Crippen LogP contribution in [0.3, 0.4) is 0 Å². The molecule has 0 atom stereocenters. The maximum atomic E-state index is 14.3. The van der Waals surface area contributed by atoms with Gasteiger partial charge in [-0.3, -0.25) is 34.9 Å². The van der Waals surface area contributed by atoms with E-state index in [2.05, 4.69) is 51.6 Å². The van der Waals surface area contributed by atoms with Crippen molar-refractivity contribution >= 4 is 24.9 Å². The van der Waals surface area contributed by atoms with Crippen LogP contribution in [0.5, 0.6) is 0 Å². The van der Waals surface area contributed by atoms with Crippen LogP contribution in [0.15, 0.2) is 48.3 Å². The lowest BCUT2D eigenvalue weighted by atomic mass is 9.97. The van der Waals surface area contributed by atoms with Crippen molar-refractivity contribution in [2.24, 2.45) is 23.0 Å². The Hall–Kier alpha value is -4.41. The van der Waals surface area contributed by atoms with E-state index in [-0.39, 0.29) is 50.3 Å². The van der Waals surface area contributed by atoms with Crippen molar-refractivity contribution in [2.45, 2.75) is 66.0 Å². The lowest BCUT2D eigenvalue weighted by Gasteiger charge is -2.27. The van der Waals surface area contributed by atoms with Gasteiger partial charge in [0, 0.05) is 38.8 Å². The van der Waals surface area contributed by atoms with Gasteiger partial charge in [-0.25, -0.2) is 10.2 Å². The Labute approximate surface area is 380 Å². The van der Waals surface area contributed by atoms with Gasteiger partial charge in [-0.05, 0) is 92.8 Å². The molecule has 3 rings (SSSR count). The van der Waals surface area contributed by atoms with E-state index in [1.807, 2.05) is 26.0 Å². The summed E-state index contributed by atoms with van der Waals surface area (Å²) < 4.78 is 41.9. The van der Waals surface area contributed by atoms with Crippen LogP contribution in [0, 0.1) is 12.7 Å². The summed E-state index contributed by atoms with van der Waals surface area (Å²) in [7, 11) is 2.10. The fraction of sp³-hybridized carbons (Fsp3) is 0.600. The summed E-state index contributed by atoms with van der Waals surface area (Å²) in [5, 5.41) is 1.44. The summed E-state index contributed by atoms with van der Waals surface area (Å²) in [6.45, 7) is 17.0. The average molecular weight is 908 g/mol. The molecule has 1 saturated heterocycles. The maximum Gasteiger partial charge on any atom is 0.219 e. The van der Waals surface area contributed by atoms with Crippen LogP contribution in [-0.2, 0) is 56.0 Å². The number of likely N-dealkylation sites (tertiary alicyclic amines) is 1. The number of rotatable bonds is 32. The Morgan fingerprint density at radius 2 is 1.33 bits per heavy atom. The maximum absolute atomic E-state index is 14.3. The number of piperidine rings is 1. The molecule has 1 heterocycles. The van der Waals surface area contributed by atoms with Crippen molar-refractivity contribution in [3.05, 3.63) is 70.8 Å². The zero-order valence-electron chi connectivity index (χ0n) is 38.7. The number of ether oxygens (including phenoxy) is 5. The highest BCUT2D eigenvalue weighted by Crippen LogP contribution is 2.26. The first kappa shape index (κ1) is 59.6. The number of hydrazine groups is 2. The van der Waals surface area contributed by atoms with Crippen molar-refractivity contribution in [3.63, 3.8) is 0 Å². The molecule has 1 fully saturated rings. The van der Waals surface area contributed by atoms with Gasteiger partial charge >= 0.3 is 0 Å². The summed E-state index contributed by atoms with van der Waals surface area (Å²) in [4.78, 5) is 41.6.